The molecule has 5 N–H and O–H groups in total. The summed E-state index contributed by atoms with van der Waals surface area (Å²) in [5.74, 6) is 0.267. The number of piperazine rings is 2. The van der Waals surface area contributed by atoms with E-state index in [1.54, 1.807) is 0 Å². The van der Waals surface area contributed by atoms with Gasteiger partial charge in [-0.3, -0.25) is 19.3 Å². The van der Waals surface area contributed by atoms with Crippen LogP contribution in [0.3, 0.4) is 0 Å². The summed E-state index contributed by atoms with van der Waals surface area (Å²) in [5.41, 5.74) is 0. The highest BCUT2D eigenvalue weighted by Gasteiger charge is 2.48. The summed E-state index contributed by atoms with van der Waals surface area (Å²) in [6.45, 7) is 6.80. The van der Waals surface area contributed by atoms with E-state index < -0.39 is 0 Å². The Bertz CT molecular complexity index is 746. The van der Waals surface area contributed by atoms with Gasteiger partial charge in [0.2, 0.25) is 11.8 Å². The third-order valence-corrected chi connectivity index (χ3v) is 8.62. The number of rotatable bonds is 6. The lowest BCUT2D eigenvalue weighted by atomic mass is 10.0. The summed E-state index contributed by atoms with van der Waals surface area (Å²) < 4.78 is 5.50. The Hall–Kier alpha value is -1.75. The van der Waals surface area contributed by atoms with Gasteiger partial charge in [-0.05, 0) is 25.7 Å². The van der Waals surface area contributed by atoms with Crippen LogP contribution in [0.1, 0.15) is 51.4 Å². The first-order valence-corrected chi connectivity index (χ1v) is 13.5. The number of hydrogen-bond donors (Lipinski definition) is 4. The topological polar surface area (TPSA) is 112 Å². The van der Waals surface area contributed by atoms with Crippen molar-refractivity contribution in [2.75, 3.05) is 52.4 Å². The van der Waals surface area contributed by atoms with Crippen LogP contribution in [0.2, 0.25) is 0 Å². The van der Waals surface area contributed by atoms with Crippen molar-refractivity contribution < 1.29 is 29.3 Å². The van der Waals surface area contributed by atoms with Gasteiger partial charge in [-0.1, -0.05) is 0 Å². The lowest BCUT2D eigenvalue weighted by Gasteiger charge is -2.39. The van der Waals surface area contributed by atoms with Gasteiger partial charge in [0.05, 0.1) is 25.7 Å². The van der Waals surface area contributed by atoms with Gasteiger partial charge in [0.1, 0.15) is 18.3 Å². The minimum Gasteiger partial charge on any atom is -0.368 e. The molecule has 5 aliphatic rings. The van der Waals surface area contributed by atoms with Crippen LogP contribution >= 0.6 is 0 Å². The van der Waals surface area contributed by atoms with Gasteiger partial charge in [-0.2, -0.15) is 0 Å². The lowest BCUT2D eigenvalue weighted by molar-refractivity contribution is -0.930. The second-order valence-electron chi connectivity index (χ2n) is 10.8. The van der Waals surface area contributed by atoms with Crippen molar-refractivity contribution in [2.45, 2.75) is 81.8 Å². The number of fused-ring (bicyclic) bond motifs is 1. The fraction of sp³-hybridized carbons (Fsp3) is 0.875. The molecule has 3 amide bonds. The van der Waals surface area contributed by atoms with Gasteiger partial charge in [0, 0.05) is 58.5 Å². The standard InChI is InChI=1S/C24H40N6O4/c31-22(29-11-9-28(10-12-29)21-5-1-2-8-25-21)7-6-18-15-26-23(32)19-14-17(16-30(18)19)27-24(33)20-4-3-13-34-20/h17-21,25H,1-16H2,(H,26,32)(H,27,33)/p+2. The van der Waals surface area contributed by atoms with Crippen molar-refractivity contribution >= 4 is 17.7 Å². The molecule has 34 heavy (non-hydrogen) atoms. The van der Waals surface area contributed by atoms with Crippen LogP contribution in [0.15, 0.2) is 0 Å². The fourth-order valence-corrected chi connectivity index (χ4v) is 6.64. The van der Waals surface area contributed by atoms with Crippen LogP contribution in [0.4, 0.5) is 0 Å². The number of nitrogens with zero attached hydrogens (tertiary/aromatic N) is 2. The Balaban J connectivity index is 1.08. The van der Waals surface area contributed by atoms with Crippen molar-refractivity contribution in [3.05, 3.63) is 0 Å². The number of hydrogen-bond acceptors (Lipinski definition) is 5. The number of ether oxygens (including phenoxy) is 1. The molecule has 0 aromatic carbocycles. The van der Waals surface area contributed by atoms with Crippen LogP contribution in [0, 0.1) is 0 Å². The Kier molecular flexibility index (Phi) is 7.67. The molecule has 0 aromatic rings. The van der Waals surface area contributed by atoms with Gasteiger partial charge in [-0.25, -0.2) is 0 Å². The molecule has 0 saturated carbocycles. The Morgan fingerprint density at radius 2 is 2.00 bits per heavy atom. The van der Waals surface area contributed by atoms with Gasteiger partial charge in [-0.15, -0.1) is 0 Å². The first kappa shape index (κ1) is 24.0. The fourth-order valence-electron chi connectivity index (χ4n) is 6.64. The van der Waals surface area contributed by atoms with E-state index in [2.05, 4.69) is 20.9 Å². The lowest BCUT2D eigenvalue weighted by Crippen LogP contribution is -3.21. The summed E-state index contributed by atoms with van der Waals surface area (Å²) in [6, 6.07) is 0.0665. The van der Waals surface area contributed by atoms with E-state index >= 15 is 0 Å². The number of piperidine rings is 1. The van der Waals surface area contributed by atoms with Gasteiger partial charge < -0.3 is 30.5 Å². The molecule has 0 aromatic heterocycles. The molecule has 6 unspecified atom stereocenters. The van der Waals surface area contributed by atoms with E-state index in [0.717, 1.165) is 52.0 Å². The first-order valence-electron chi connectivity index (χ1n) is 13.5. The number of carbonyl (C=O) groups excluding carboxylic acids is 3. The number of amides is 3. The molecule has 10 heteroatoms. The molecule has 5 aliphatic heterocycles. The number of nitrogens with one attached hydrogen (secondary N) is 3. The summed E-state index contributed by atoms with van der Waals surface area (Å²) in [4.78, 5) is 43.8. The van der Waals surface area contributed by atoms with Crippen molar-refractivity contribution in [1.82, 2.24) is 20.4 Å². The Morgan fingerprint density at radius 3 is 2.74 bits per heavy atom. The highest BCUT2D eigenvalue weighted by Crippen LogP contribution is 2.15. The van der Waals surface area contributed by atoms with E-state index in [1.165, 1.54) is 30.7 Å². The normalized spacial score (nSPS) is 36.7. The molecule has 10 nitrogen and oxygen atoms in total. The Labute approximate surface area is 202 Å². The molecule has 0 radical (unpaired) electrons. The van der Waals surface area contributed by atoms with Crippen molar-refractivity contribution in [1.29, 1.82) is 0 Å². The molecule has 0 aliphatic carbocycles. The van der Waals surface area contributed by atoms with Crippen LogP contribution < -0.4 is 20.9 Å². The van der Waals surface area contributed by atoms with Crippen LogP contribution in [-0.4, -0.2) is 110 Å². The zero-order chi connectivity index (χ0) is 23.5. The van der Waals surface area contributed by atoms with Crippen molar-refractivity contribution in [3.8, 4) is 0 Å². The zero-order valence-electron chi connectivity index (χ0n) is 20.3. The molecule has 0 spiro atoms. The summed E-state index contributed by atoms with van der Waals surface area (Å²) in [6.07, 6.45) is 7.81. The molecule has 190 valence electrons. The highest BCUT2D eigenvalue weighted by atomic mass is 16.5. The van der Waals surface area contributed by atoms with E-state index in [1.807, 2.05) is 4.90 Å². The van der Waals surface area contributed by atoms with Crippen LogP contribution in [0.25, 0.3) is 0 Å². The zero-order valence-corrected chi connectivity index (χ0v) is 20.3. The van der Waals surface area contributed by atoms with Crippen LogP contribution in [0.5, 0.6) is 0 Å². The molecule has 5 saturated heterocycles. The first-order chi connectivity index (χ1) is 16.6. The molecule has 5 fully saturated rings. The monoisotopic (exact) mass is 478 g/mol. The third-order valence-electron chi connectivity index (χ3n) is 8.62. The largest absolute Gasteiger partial charge is 0.368 e. The maximum absolute atomic E-state index is 13.0. The van der Waals surface area contributed by atoms with Crippen molar-refractivity contribution in [2.24, 2.45) is 0 Å². The molecular formula is C24H42N6O4+2. The molecular weight excluding hydrogens is 436 g/mol. The van der Waals surface area contributed by atoms with Gasteiger partial charge >= 0.3 is 0 Å². The second kappa shape index (κ2) is 10.9. The van der Waals surface area contributed by atoms with E-state index in [-0.39, 0.29) is 42.0 Å². The third kappa shape index (κ3) is 5.40. The van der Waals surface area contributed by atoms with E-state index in [9.17, 15) is 14.4 Å². The smallest absolute Gasteiger partial charge is 0.278 e. The Morgan fingerprint density at radius 1 is 1.15 bits per heavy atom. The quantitative estimate of drug-likeness (QED) is 0.321. The van der Waals surface area contributed by atoms with E-state index in [4.69, 9.17) is 4.74 Å². The minimum absolute atomic E-state index is 0.0107. The van der Waals surface area contributed by atoms with Gasteiger partial charge in [0.15, 0.2) is 6.04 Å². The van der Waals surface area contributed by atoms with Crippen molar-refractivity contribution in [3.63, 3.8) is 0 Å². The van der Waals surface area contributed by atoms with E-state index in [0.29, 0.717) is 32.2 Å². The van der Waals surface area contributed by atoms with Crippen LogP contribution in [-0.2, 0) is 19.1 Å². The average Bonchev–Trinajstić information content (AvgIpc) is 3.55. The SMILES string of the molecule is O=C(NC1CC2C(=O)NCC(CCC(=O)N3CCN(C4CCCC[NH2+]4)CC3)[NH+]2C1)C1CCCO1. The predicted octanol–water partition coefficient (Wildman–Crippen LogP) is -3.20. The maximum atomic E-state index is 13.0. The number of carbonyl (C=O) groups is 3. The molecule has 0 bridgehead atoms. The van der Waals surface area contributed by atoms with Gasteiger partial charge in [0.25, 0.3) is 5.91 Å². The summed E-state index contributed by atoms with van der Waals surface area (Å²) >= 11 is 0. The number of quaternary nitrogens is 2. The summed E-state index contributed by atoms with van der Waals surface area (Å²) in [5, 5.41) is 8.63. The molecule has 5 heterocycles. The molecule has 6 atom stereocenters. The molecule has 5 rings (SSSR count). The second-order valence-corrected chi connectivity index (χ2v) is 10.8. The predicted molar refractivity (Wildman–Crippen MR) is 124 cm³/mol. The minimum atomic E-state index is -0.341. The summed E-state index contributed by atoms with van der Waals surface area (Å²) in [7, 11) is 0. The maximum Gasteiger partial charge on any atom is 0.278 e. The average molecular weight is 479 g/mol. The number of nitrogens with two attached hydrogens (primary N) is 1. The highest BCUT2D eigenvalue weighted by molar-refractivity contribution is 5.83.